The summed E-state index contributed by atoms with van der Waals surface area (Å²) < 4.78 is 4.98. The second kappa shape index (κ2) is 2.69. The Bertz CT molecular complexity index is 181. The topological polar surface area (TPSA) is 9.23 Å². The molecule has 48 valence electrons. The fourth-order valence-corrected chi connectivity index (χ4v) is 1.01. The molecule has 0 fully saturated rings. The molecule has 0 bridgehead atoms. The maximum Gasteiger partial charge on any atom is 0.118 e. The Balaban J connectivity index is 2.88. The lowest BCUT2D eigenvalue weighted by molar-refractivity contribution is 0.415. The Morgan fingerprint density at radius 2 is 1.78 bits per heavy atom. The molecule has 0 aliphatic rings. The molecule has 0 heterocycles. The summed E-state index contributed by atoms with van der Waals surface area (Å²) in [6.07, 6.45) is 0. The number of hydrogen-bond acceptors (Lipinski definition) is 1. The van der Waals surface area contributed by atoms with E-state index in [1.165, 1.54) is 5.19 Å². The fourth-order valence-electron chi connectivity index (χ4n) is 0.674. The van der Waals surface area contributed by atoms with Crippen molar-refractivity contribution in [2.45, 2.75) is 0 Å². The van der Waals surface area contributed by atoms with Gasteiger partial charge in [-0.25, -0.2) is 0 Å². The average Bonchev–Trinajstić information content (AvgIpc) is 1.90. The molecule has 2 heteroatoms. The maximum absolute atomic E-state index is 4.98. The van der Waals surface area contributed by atoms with Crippen molar-refractivity contribution in [3.63, 3.8) is 0 Å². The van der Waals surface area contributed by atoms with Crippen molar-refractivity contribution in [3.05, 3.63) is 24.3 Å². The van der Waals surface area contributed by atoms with Crippen LogP contribution in [0.5, 0.6) is 5.75 Å². The van der Waals surface area contributed by atoms with E-state index in [4.69, 9.17) is 4.74 Å². The van der Waals surface area contributed by atoms with Crippen molar-refractivity contribution in [3.8, 4) is 5.75 Å². The van der Waals surface area contributed by atoms with Gasteiger partial charge in [0.2, 0.25) is 0 Å². The molecule has 9 heavy (non-hydrogen) atoms. The number of rotatable bonds is 1. The maximum atomic E-state index is 4.98. The molecule has 0 saturated heterocycles. The highest BCUT2D eigenvalue weighted by molar-refractivity contribution is 6.32. The van der Waals surface area contributed by atoms with Gasteiger partial charge >= 0.3 is 0 Å². The lowest BCUT2D eigenvalue weighted by Gasteiger charge is -1.97. The Labute approximate surface area is 58.1 Å². The lowest BCUT2D eigenvalue weighted by Crippen LogP contribution is -1.99. The zero-order valence-electron chi connectivity index (χ0n) is 5.72. The van der Waals surface area contributed by atoms with E-state index in [9.17, 15) is 0 Å². The van der Waals surface area contributed by atoms with Crippen LogP contribution in [0.15, 0.2) is 24.3 Å². The molecule has 1 rings (SSSR count). The number of hydrogen-bond donors (Lipinski definition) is 0. The Kier molecular flexibility index (Phi) is 1.90. The minimum atomic E-state index is 0.939. The summed E-state index contributed by atoms with van der Waals surface area (Å²) in [7, 11) is 2.80. The number of methoxy groups -OCH3 is 1. The SMILES string of the molecule is COc1ccc([SiH3])cc1. The summed E-state index contributed by atoms with van der Waals surface area (Å²) in [5.41, 5.74) is 0. The van der Waals surface area contributed by atoms with E-state index in [0.29, 0.717) is 0 Å². The standard InChI is InChI=1S/C7H10OSi/c1-8-6-2-4-7(9)5-3-6/h2-5H,1,9H3. The molecule has 0 spiro atoms. The van der Waals surface area contributed by atoms with Crippen molar-refractivity contribution >= 4 is 15.4 Å². The normalized spacial score (nSPS) is 9.44. The van der Waals surface area contributed by atoms with Crippen molar-refractivity contribution in [1.29, 1.82) is 0 Å². The molecule has 0 N–H and O–H groups in total. The number of ether oxygens (including phenoxy) is 1. The van der Waals surface area contributed by atoms with E-state index in [1.54, 1.807) is 7.11 Å². The highest BCUT2D eigenvalue weighted by Crippen LogP contribution is 2.04. The van der Waals surface area contributed by atoms with Crippen molar-refractivity contribution in [2.75, 3.05) is 7.11 Å². The second-order valence-electron chi connectivity index (χ2n) is 2.02. The van der Waals surface area contributed by atoms with Gasteiger partial charge in [0.1, 0.15) is 5.75 Å². The predicted octanol–water partition coefficient (Wildman–Crippen LogP) is -0.314. The summed E-state index contributed by atoms with van der Waals surface area (Å²) in [5.74, 6) is 0.939. The summed E-state index contributed by atoms with van der Waals surface area (Å²) in [6, 6.07) is 8.15. The third-order valence-electron chi connectivity index (χ3n) is 1.26. The summed E-state index contributed by atoms with van der Waals surface area (Å²) >= 11 is 0. The first-order valence-electron chi connectivity index (χ1n) is 2.93. The fraction of sp³-hybridized carbons (Fsp3) is 0.143. The highest BCUT2D eigenvalue weighted by atomic mass is 28.1. The third-order valence-corrected chi connectivity index (χ3v) is 1.92. The minimum absolute atomic E-state index is 0.939. The molecule has 0 aromatic heterocycles. The second-order valence-corrected chi connectivity index (χ2v) is 3.17. The molecule has 0 radical (unpaired) electrons. The molecule has 0 atom stereocenters. The highest BCUT2D eigenvalue weighted by Gasteiger charge is 1.85. The summed E-state index contributed by atoms with van der Waals surface area (Å²) in [4.78, 5) is 0. The molecule has 0 unspecified atom stereocenters. The summed E-state index contributed by atoms with van der Waals surface area (Å²) in [5, 5.41) is 1.40. The molecule has 0 aliphatic carbocycles. The van der Waals surface area contributed by atoms with Crippen LogP contribution in [0.2, 0.25) is 0 Å². The van der Waals surface area contributed by atoms with Crippen LogP contribution < -0.4 is 9.92 Å². The van der Waals surface area contributed by atoms with Crippen LogP contribution in [-0.2, 0) is 0 Å². The van der Waals surface area contributed by atoms with Crippen LogP contribution >= 0.6 is 0 Å². The van der Waals surface area contributed by atoms with Gasteiger partial charge in [-0.1, -0.05) is 17.3 Å². The van der Waals surface area contributed by atoms with Crippen molar-refractivity contribution in [1.82, 2.24) is 0 Å². The van der Waals surface area contributed by atoms with Crippen LogP contribution in [0.4, 0.5) is 0 Å². The first-order chi connectivity index (χ1) is 4.33. The number of benzene rings is 1. The smallest absolute Gasteiger partial charge is 0.118 e. The van der Waals surface area contributed by atoms with Gasteiger partial charge in [-0.3, -0.25) is 0 Å². The monoisotopic (exact) mass is 138 g/mol. The van der Waals surface area contributed by atoms with E-state index in [0.717, 1.165) is 16.0 Å². The van der Waals surface area contributed by atoms with Crippen molar-refractivity contribution < 1.29 is 4.74 Å². The van der Waals surface area contributed by atoms with Crippen LogP contribution in [0.25, 0.3) is 0 Å². The first-order valence-corrected chi connectivity index (χ1v) is 3.93. The van der Waals surface area contributed by atoms with Gasteiger partial charge in [0.05, 0.1) is 7.11 Å². The average molecular weight is 138 g/mol. The molecule has 1 aromatic rings. The van der Waals surface area contributed by atoms with Crippen LogP contribution in [0, 0.1) is 0 Å². The Hall–Kier alpha value is -0.763. The van der Waals surface area contributed by atoms with Crippen LogP contribution in [0.3, 0.4) is 0 Å². The zero-order valence-corrected chi connectivity index (χ0v) is 7.72. The Morgan fingerprint density at radius 1 is 1.22 bits per heavy atom. The molecule has 1 nitrogen and oxygen atoms in total. The van der Waals surface area contributed by atoms with E-state index >= 15 is 0 Å². The van der Waals surface area contributed by atoms with E-state index in [2.05, 4.69) is 12.1 Å². The quantitative estimate of drug-likeness (QED) is 0.484. The largest absolute Gasteiger partial charge is 0.497 e. The van der Waals surface area contributed by atoms with Gasteiger partial charge in [0.25, 0.3) is 0 Å². The van der Waals surface area contributed by atoms with Gasteiger partial charge in [0, 0.05) is 10.2 Å². The molecular weight excluding hydrogens is 128 g/mol. The van der Waals surface area contributed by atoms with Crippen LogP contribution in [-0.4, -0.2) is 17.4 Å². The third kappa shape index (κ3) is 1.57. The van der Waals surface area contributed by atoms with E-state index in [1.807, 2.05) is 12.1 Å². The van der Waals surface area contributed by atoms with Gasteiger partial charge in [-0.15, -0.1) is 0 Å². The molecular formula is C7H10OSi. The van der Waals surface area contributed by atoms with Crippen molar-refractivity contribution in [2.24, 2.45) is 0 Å². The first kappa shape index (κ1) is 6.36. The van der Waals surface area contributed by atoms with E-state index < -0.39 is 0 Å². The van der Waals surface area contributed by atoms with Gasteiger partial charge in [0.15, 0.2) is 0 Å². The minimum Gasteiger partial charge on any atom is -0.497 e. The lowest BCUT2D eigenvalue weighted by atomic mass is 10.3. The molecule has 0 saturated carbocycles. The predicted molar refractivity (Wildman–Crippen MR) is 42.6 cm³/mol. The van der Waals surface area contributed by atoms with Gasteiger partial charge in [-0.05, 0) is 12.1 Å². The van der Waals surface area contributed by atoms with Gasteiger partial charge in [-0.2, -0.15) is 0 Å². The molecule has 1 aromatic carbocycles. The Morgan fingerprint density at radius 3 is 2.22 bits per heavy atom. The summed E-state index contributed by atoms with van der Waals surface area (Å²) in [6.45, 7) is 0. The molecule has 0 amide bonds. The molecule has 0 aliphatic heterocycles. The van der Waals surface area contributed by atoms with E-state index in [-0.39, 0.29) is 0 Å². The van der Waals surface area contributed by atoms with Gasteiger partial charge < -0.3 is 4.74 Å². The zero-order chi connectivity index (χ0) is 6.69. The van der Waals surface area contributed by atoms with Crippen LogP contribution in [0.1, 0.15) is 0 Å².